The Hall–Kier alpha value is -1.62. The molecule has 1 aromatic carbocycles. The average Bonchev–Trinajstić information content (AvgIpc) is 2.38. The number of carbonyl (C=O) groups excluding carboxylic acids is 1. The highest BCUT2D eigenvalue weighted by Crippen LogP contribution is 2.21. The number of aliphatic hydroxyl groups is 1. The molecular formula is C13H19FN2O2. The Morgan fingerprint density at radius 2 is 2.22 bits per heavy atom. The van der Waals surface area contributed by atoms with Gasteiger partial charge in [0.15, 0.2) is 0 Å². The second-order valence-electron chi connectivity index (χ2n) is 4.14. The van der Waals surface area contributed by atoms with Crippen LogP contribution in [0.15, 0.2) is 18.2 Å². The Bertz CT molecular complexity index is 423. The molecule has 4 nitrogen and oxygen atoms in total. The predicted octanol–water partition coefficient (Wildman–Crippen LogP) is 1.71. The van der Waals surface area contributed by atoms with Crippen LogP contribution in [0.5, 0.6) is 0 Å². The van der Waals surface area contributed by atoms with Crippen molar-refractivity contribution in [2.75, 3.05) is 25.5 Å². The lowest BCUT2D eigenvalue weighted by atomic mass is 10.1. The number of nitrogens with one attached hydrogen (secondary N) is 1. The maximum atomic E-state index is 13.7. The Morgan fingerprint density at radius 1 is 1.56 bits per heavy atom. The SMILES string of the molecule is CCNc1c(F)cccc1C(=O)N(C)C(C)CO. The normalized spacial score (nSPS) is 12.1. The third-order valence-corrected chi connectivity index (χ3v) is 2.84. The molecule has 0 aromatic heterocycles. The molecule has 0 radical (unpaired) electrons. The third-order valence-electron chi connectivity index (χ3n) is 2.84. The van der Waals surface area contributed by atoms with E-state index >= 15 is 0 Å². The van der Waals surface area contributed by atoms with Crippen LogP contribution in [-0.2, 0) is 0 Å². The number of para-hydroxylation sites is 1. The Kier molecular flexibility index (Phi) is 5.09. The number of carbonyl (C=O) groups is 1. The van der Waals surface area contributed by atoms with Gasteiger partial charge in [-0.15, -0.1) is 0 Å². The molecule has 0 fully saturated rings. The summed E-state index contributed by atoms with van der Waals surface area (Å²) in [6, 6.07) is 4.07. The van der Waals surface area contributed by atoms with Crippen molar-refractivity contribution in [1.82, 2.24) is 4.90 Å². The van der Waals surface area contributed by atoms with Crippen molar-refractivity contribution in [2.24, 2.45) is 0 Å². The fraction of sp³-hybridized carbons (Fsp3) is 0.462. The summed E-state index contributed by atoms with van der Waals surface area (Å²) in [5.74, 6) is -0.764. The van der Waals surface area contributed by atoms with Crippen molar-refractivity contribution in [3.8, 4) is 0 Å². The molecule has 0 bridgehead atoms. The lowest BCUT2D eigenvalue weighted by Gasteiger charge is -2.24. The first-order chi connectivity index (χ1) is 8.52. The summed E-state index contributed by atoms with van der Waals surface area (Å²) in [5.41, 5.74) is 0.488. The maximum absolute atomic E-state index is 13.7. The van der Waals surface area contributed by atoms with Gasteiger partial charge in [0, 0.05) is 13.6 Å². The minimum atomic E-state index is -0.451. The van der Waals surface area contributed by atoms with Gasteiger partial charge in [0.25, 0.3) is 5.91 Å². The fourth-order valence-corrected chi connectivity index (χ4v) is 1.57. The van der Waals surface area contributed by atoms with Gasteiger partial charge in [0.05, 0.1) is 23.9 Å². The van der Waals surface area contributed by atoms with Crippen molar-refractivity contribution >= 4 is 11.6 Å². The zero-order valence-corrected chi connectivity index (χ0v) is 10.9. The Balaban J connectivity index is 3.08. The van der Waals surface area contributed by atoms with E-state index in [1.54, 1.807) is 20.0 Å². The van der Waals surface area contributed by atoms with Crippen LogP contribution >= 0.6 is 0 Å². The molecule has 2 N–H and O–H groups in total. The number of aliphatic hydroxyl groups excluding tert-OH is 1. The average molecular weight is 254 g/mol. The number of likely N-dealkylation sites (N-methyl/N-ethyl adjacent to an activating group) is 1. The Morgan fingerprint density at radius 3 is 2.78 bits per heavy atom. The van der Waals surface area contributed by atoms with E-state index in [0.29, 0.717) is 6.54 Å². The molecule has 1 aromatic rings. The van der Waals surface area contributed by atoms with Crippen LogP contribution in [-0.4, -0.2) is 42.2 Å². The monoisotopic (exact) mass is 254 g/mol. The topological polar surface area (TPSA) is 52.6 Å². The zero-order valence-electron chi connectivity index (χ0n) is 10.9. The van der Waals surface area contributed by atoms with Gasteiger partial charge in [0.1, 0.15) is 5.82 Å². The molecule has 0 aliphatic carbocycles. The molecule has 18 heavy (non-hydrogen) atoms. The first kappa shape index (κ1) is 14.4. The number of benzene rings is 1. The number of hydrogen-bond donors (Lipinski definition) is 2. The molecule has 1 unspecified atom stereocenters. The van der Waals surface area contributed by atoms with Crippen molar-refractivity contribution in [2.45, 2.75) is 19.9 Å². The van der Waals surface area contributed by atoms with E-state index in [4.69, 9.17) is 5.11 Å². The molecule has 0 heterocycles. The lowest BCUT2D eigenvalue weighted by molar-refractivity contribution is 0.0682. The van der Waals surface area contributed by atoms with Crippen LogP contribution in [0.25, 0.3) is 0 Å². The molecule has 100 valence electrons. The molecule has 5 heteroatoms. The van der Waals surface area contributed by atoms with E-state index in [0.717, 1.165) is 0 Å². The van der Waals surface area contributed by atoms with E-state index in [1.807, 2.05) is 6.92 Å². The largest absolute Gasteiger partial charge is 0.394 e. The lowest BCUT2D eigenvalue weighted by Crippen LogP contribution is -2.37. The first-order valence-electron chi connectivity index (χ1n) is 5.93. The Labute approximate surface area is 106 Å². The molecule has 1 rings (SSSR count). The number of halogens is 1. The fourth-order valence-electron chi connectivity index (χ4n) is 1.57. The van der Waals surface area contributed by atoms with E-state index < -0.39 is 5.82 Å². The smallest absolute Gasteiger partial charge is 0.256 e. The molecule has 0 spiro atoms. The van der Waals surface area contributed by atoms with Crippen molar-refractivity contribution in [3.63, 3.8) is 0 Å². The van der Waals surface area contributed by atoms with E-state index in [9.17, 15) is 9.18 Å². The van der Waals surface area contributed by atoms with Gasteiger partial charge in [-0.1, -0.05) is 6.07 Å². The summed E-state index contributed by atoms with van der Waals surface area (Å²) in [6.07, 6.45) is 0. The van der Waals surface area contributed by atoms with Gasteiger partial charge < -0.3 is 15.3 Å². The van der Waals surface area contributed by atoms with Crippen LogP contribution < -0.4 is 5.32 Å². The van der Waals surface area contributed by atoms with Crippen molar-refractivity contribution in [1.29, 1.82) is 0 Å². The summed E-state index contributed by atoms with van der Waals surface area (Å²) < 4.78 is 13.7. The highest BCUT2D eigenvalue weighted by atomic mass is 19.1. The number of amides is 1. The van der Waals surface area contributed by atoms with Crippen LogP contribution in [0.1, 0.15) is 24.2 Å². The van der Waals surface area contributed by atoms with Crippen LogP contribution in [0.3, 0.4) is 0 Å². The second-order valence-corrected chi connectivity index (χ2v) is 4.14. The van der Waals surface area contributed by atoms with Gasteiger partial charge in [-0.25, -0.2) is 4.39 Å². The summed E-state index contributed by atoms with van der Waals surface area (Å²) in [4.78, 5) is 13.6. The molecule has 1 amide bonds. The summed E-state index contributed by atoms with van der Waals surface area (Å²) in [5, 5.41) is 11.9. The molecular weight excluding hydrogens is 235 g/mol. The van der Waals surface area contributed by atoms with Gasteiger partial charge in [0.2, 0.25) is 0 Å². The number of hydrogen-bond acceptors (Lipinski definition) is 3. The molecule has 0 aliphatic rings. The quantitative estimate of drug-likeness (QED) is 0.841. The van der Waals surface area contributed by atoms with Crippen LogP contribution in [0.4, 0.5) is 10.1 Å². The standard InChI is InChI=1S/C13H19FN2O2/c1-4-15-12-10(6-5-7-11(12)14)13(18)16(3)9(2)8-17/h5-7,9,15,17H,4,8H2,1-3H3. The summed E-state index contributed by atoms with van der Waals surface area (Å²) in [6.45, 7) is 3.96. The highest BCUT2D eigenvalue weighted by Gasteiger charge is 2.21. The van der Waals surface area contributed by atoms with E-state index in [-0.39, 0.29) is 29.8 Å². The first-order valence-corrected chi connectivity index (χ1v) is 5.93. The minimum Gasteiger partial charge on any atom is -0.394 e. The van der Waals surface area contributed by atoms with Gasteiger partial charge in [-0.2, -0.15) is 0 Å². The number of anilines is 1. The number of rotatable bonds is 5. The van der Waals surface area contributed by atoms with E-state index in [1.165, 1.54) is 17.0 Å². The predicted molar refractivity (Wildman–Crippen MR) is 69.2 cm³/mol. The van der Waals surface area contributed by atoms with Crippen LogP contribution in [0.2, 0.25) is 0 Å². The second kappa shape index (κ2) is 6.35. The zero-order chi connectivity index (χ0) is 13.7. The summed E-state index contributed by atoms with van der Waals surface area (Å²) in [7, 11) is 1.59. The van der Waals surface area contributed by atoms with Gasteiger partial charge in [-0.05, 0) is 26.0 Å². The maximum Gasteiger partial charge on any atom is 0.256 e. The highest BCUT2D eigenvalue weighted by molar-refractivity contribution is 5.99. The van der Waals surface area contributed by atoms with Crippen molar-refractivity contribution in [3.05, 3.63) is 29.6 Å². The molecule has 0 saturated carbocycles. The number of nitrogens with zero attached hydrogens (tertiary/aromatic N) is 1. The molecule has 1 atom stereocenters. The van der Waals surface area contributed by atoms with Gasteiger partial charge >= 0.3 is 0 Å². The molecule has 0 aliphatic heterocycles. The minimum absolute atomic E-state index is 0.131. The van der Waals surface area contributed by atoms with E-state index in [2.05, 4.69) is 5.32 Å². The van der Waals surface area contributed by atoms with Crippen molar-refractivity contribution < 1.29 is 14.3 Å². The van der Waals surface area contributed by atoms with Crippen LogP contribution in [0, 0.1) is 5.82 Å². The molecule has 0 saturated heterocycles. The summed E-state index contributed by atoms with van der Waals surface area (Å²) >= 11 is 0. The third kappa shape index (κ3) is 2.98. The van der Waals surface area contributed by atoms with Gasteiger partial charge in [-0.3, -0.25) is 4.79 Å².